The molecule has 1 aromatic heterocycles. The van der Waals surface area contributed by atoms with Crippen LogP contribution in [0.2, 0.25) is 5.15 Å². The van der Waals surface area contributed by atoms with Crippen LogP contribution in [0.15, 0.2) is 30.3 Å². The lowest BCUT2D eigenvalue weighted by atomic mass is 10.1. The summed E-state index contributed by atoms with van der Waals surface area (Å²) < 4.78 is 13.4. The first kappa shape index (κ1) is 14.9. The number of aryl methyl sites for hydroxylation is 1. The van der Waals surface area contributed by atoms with Crippen LogP contribution in [0.3, 0.4) is 0 Å². The first-order valence-electron chi connectivity index (χ1n) is 5.77. The molecule has 6 nitrogen and oxygen atoms in total. The molecule has 1 amide bonds. The van der Waals surface area contributed by atoms with Gasteiger partial charge in [-0.3, -0.25) is 14.9 Å². The van der Waals surface area contributed by atoms with E-state index in [1.165, 1.54) is 18.2 Å². The van der Waals surface area contributed by atoms with E-state index < -0.39 is 22.3 Å². The highest BCUT2D eigenvalue weighted by Crippen LogP contribution is 2.24. The number of anilines is 1. The van der Waals surface area contributed by atoms with E-state index in [4.69, 9.17) is 11.6 Å². The van der Waals surface area contributed by atoms with Crippen LogP contribution in [0.1, 0.15) is 15.9 Å². The van der Waals surface area contributed by atoms with Crippen LogP contribution < -0.4 is 5.32 Å². The number of nitrogens with zero attached hydrogens (tertiary/aromatic N) is 2. The predicted octanol–water partition coefficient (Wildman–Crippen LogP) is 3.34. The molecule has 21 heavy (non-hydrogen) atoms. The number of benzene rings is 1. The summed E-state index contributed by atoms with van der Waals surface area (Å²) in [4.78, 5) is 25.8. The maximum atomic E-state index is 13.4. The van der Waals surface area contributed by atoms with Gasteiger partial charge in [-0.2, -0.15) is 0 Å². The molecule has 0 fully saturated rings. The summed E-state index contributed by atoms with van der Waals surface area (Å²) in [6.45, 7) is 1.56. The van der Waals surface area contributed by atoms with Gasteiger partial charge in [-0.1, -0.05) is 17.7 Å². The van der Waals surface area contributed by atoms with Gasteiger partial charge < -0.3 is 5.32 Å². The zero-order valence-electron chi connectivity index (χ0n) is 10.8. The van der Waals surface area contributed by atoms with Gasteiger partial charge in [0.25, 0.3) is 5.91 Å². The van der Waals surface area contributed by atoms with Gasteiger partial charge in [-0.05, 0) is 30.7 Å². The Bertz CT molecular complexity index is 737. The molecule has 108 valence electrons. The summed E-state index contributed by atoms with van der Waals surface area (Å²) in [6, 6.07) is 6.25. The summed E-state index contributed by atoms with van der Waals surface area (Å²) >= 11 is 5.65. The quantitative estimate of drug-likeness (QED) is 0.535. The van der Waals surface area contributed by atoms with Crippen molar-refractivity contribution in [2.24, 2.45) is 0 Å². The summed E-state index contributed by atoms with van der Waals surface area (Å²) in [7, 11) is 0. The molecule has 0 bridgehead atoms. The second kappa shape index (κ2) is 5.84. The van der Waals surface area contributed by atoms with Gasteiger partial charge in [-0.15, -0.1) is 0 Å². The Morgan fingerprint density at radius 3 is 2.71 bits per heavy atom. The summed E-state index contributed by atoms with van der Waals surface area (Å²) in [6.07, 6.45) is 0. The highest BCUT2D eigenvalue weighted by Gasteiger charge is 2.19. The van der Waals surface area contributed by atoms with Crippen molar-refractivity contribution in [2.45, 2.75) is 6.92 Å². The molecule has 0 spiro atoms. The van der Waals surface area contributed by atoms with E-state index >= 15 is 0 Å². The standard InChI is InChI=1S/C13H9ClFN3O3/c1-7-2-3-8(6-9(7)15)13(19)17-12-10(18(20)21)4-5-11(14)16-12/h2-6H,1H3,(H,16,17,19). The lowest BCUT2D eigenvalue weighted by Crippen LogP contribution is -2.14. The van der Waals surface area contributed by atoms with Crippen molar-refractivity contribution in [1.82, 2.24) is 4.98 Å². The molecule has 0 aliphatic rings. The van der Waals surface area contributed by atoms with Gasteiger partial charge >= 0.3 is 5.69 Å². The van der Waals surface area contributed by atoms with Crippen molar-refractivity contribution in [1.29, 1.82) is 0 Å². The zero-order valence-corrected chi connectivity index (χ0v) is 11.5. The van der Waals surface area contributed by atoms with Crippen molar-refractivity contribution in [2.75, 3.05) is 5.32 Å². The topological polar surface area (TPSA) is 85.1 Å². The van der Waals surface area contributed by atoms with E-state index in [-0.39, 0.29) is 16.5 Å². The average Bonchev–Trinajstić information content (AvgIpc) is 2.41. The van der Waals surface area contributed by atoms with Crippen LogP contribution in [0, 0.1) is 22.9 Å². The smallest absolute Gasteiger partial charge is 0.301 e. The molecule has 2 aromatic rings. The highest BCUT2D eigenvalue weighted by atomic mass is 35.5. The highest BCUT2D eigenvalue weighted by molar-refractivity contribution is 6.29. The molecule has 0 unspecified atom stereocenters. The van der Waals surface area contributed by atoms with E-state index in [1.54, 1.807) is 6.92 Å². The fraction of sp³-hybridized carbons (Fsp3) is 0.0769. The van der Waals surface area contributed by atoms with E-state index in [2.05, 4.69) is 10.3 Å². The van der Waals surface area contributed by atoms with Gasteiger partial charge in [-0.25, -0.2) is 9.37 Å². The molecule has 1 aromatic carbocycles. The number of carbonyl (C=O) groups is 1. The number of nitro groups is 1. The summed E-state index contributed by atoms with van der Waals surface area (Å²) in [5.41, 5.74) is 0.00733. The van der Waals surface area contributed by atoms with Gasteiger partial charge in [0.1, 0.15) is 11.0 Å². The van der Waals surface area contributed by atoms with Crippen LogP contribution >= 0.6 is 11.6 Å². The molecule has 0 saturated heterocycles. The number of aromatic nitrogens is 1. The third-order valence-electron chi connectivity index (χ3n) is 2.70. The van der Waals surface area contributed by atoms with Crippen molar-refractivity contribution in [3.05, 3.63) is 62.5 Å². The van der Waals surface area contributed by atoms with Crippen LogP contribution in [0.25, 0.3) is 0 Å². The lowest BCUT2D eigenvalue weighted by Gasteiger charge is -2.06. The van der Waals surface area contributed by atoms with Crippen LogP contribution in [-0.4, -0.2) is 15.8 Å². The SMILES string of the molecule is Cc1ccc(C(=O)Nc2nc(Cl)ccc2[N+](=O)[O-])cc1F. The minimum Gasteiger partial charge on any atom is -0.301 e. The van der Waals surface area contributed by atoms with Gasteiger partial charge in [0.05, 0.1) is 4.92 Å². The van der Waals surface area contributed by atoms with E-state index in [1.807, 2.05) is 0 Å². The summed E-state index contributed by atoms with van der Waals surface area (Å²) in [5, 5.41) is 13.1. The molecule has 0 aliphatic carbocycles. The maximum absolute atomic E-state index is 13.4. The number of hydrogen-bond donors (Lipinski definition) is 1. The largest absolute Gasteiger partial charge is 0.311 e. The predicted molar refractivity (Wildman–Crippen MR) is 75.0 cm³/mol. The van der Waals surface area contributed by atoms with Crippen molar-refractivity contribution in [3.8, 4) is 0 Å². The van der Waals surface area contributed by atoms with Crippen LogP contribution in [-0.2, 0) is 0 Å². The van der Waals surface area contributed by atoms with Crippen LogP contribution in [0.4, 0.5) is 15.9 Å². The molecule has 1 N–H and O–H groups in total. The number of halogens is 2. The molecule has 0 saturated carbocycles. The number of nitrogens with one attached hydrogen (secondary N) is 1. The maximum Gasteiger partial charge on any atom is 0.311 e. The third-order valence-corrected chi connectivity index (χ3v) is 2.91. The second-order valence-electron chi connectivity index (χ2n) is 4.18. The number of pyridine rings is 1. The van der Waals surface area contributed by atoms with Gasteiger partial charge in [0, 0.05) is 11.6 Å². The molecular weight excluding hydrogens is 301 g/mol. The lowest BCUT2D eigenvalue weighted by molar-refractivity contribution is -0.384. The van der Waals surface area contributed by atoms with Crippen molar-refractivity contribution in [3.63, 3.8) is 0 Å². The average molecular weight is 310 g/mol. The minimum atomic E-state index is -0.716. The fourth-order valence-electron chi connectivity index (χ4n) is 1.58. The van der Waals surface area contributed by atoms with E-state index in [9.17, 15) is 19.3 Å². The molecule has 8 heteroatoms. The van der Waals surface area contributed by atoms with E-state index in [0.717, 1.165) is 12.1 Å². The Morgan fingerprint density at radius 1 is 1.38 bits per heavy atom. The Morgan fingerprint density at radius 2 is 2.10 bits per heavy atom. The van der Waals surface area contributed by atoms with Gasteiger partial charge in [0.2, 0.25) is 5.82 Å². The van der Waals surface area contributed by atoms with Gasteiger partial charge in [0.15, 0.2) is 0 Å². The third kappa shape index (κ3) is 3.32. The van der Waals surface area contributed by atoms with Crippen molar-refractivity contribution < 1.29 is 14.1 Å². The Balaban J connectivity index is 2.33. The minimum absolute atomic E-state index is 0.00835. The molecule has 0 aliphatic heterocycles. The Kier molecular flexibility index (Phi) is 4.13. The normalized spacial score (nSPS) is 10.2. The first-order chi connectivity index (χ1) is 9.88. The Hall–Kier alpha value is -2.54. The van der Waals surface area contributed by atoms with E-state index in [0.29, 0.717) is 5.56 Å². The molecule has 2 rings (SSSR count). The molecule has 0 radical (unpaired) electrons. The Labute approximate surface area is 123 Å². The summed E-state index contributed by atoms with van der Waals surface area (Å²) in [5.74, 6) is -1.55. The monoisotopic (exact) mass is 309 g/mol. The number of amides is 1. The van der Waals surface area contributed by atoms with Crippen LogP contribution in [0.5, 0.6) is 0 Å². The second-order valence-corrected chi connectivity index (χ2v) is 4.56. The molecule has 1 heterocycles. The first-order valence-corrected chi connectivity index (χ1v) is 6.14. The number of rotatable bonds is 3. The number of carbonyl (C=O) groups excluding carboxylic acids is 1. The zero-order chi connectivity index (χ0) is 15.6. The molecule has 0 atom stereocenters. The fourth-order valence-corrected chi connectivity index (χ4v) is 1.73. The number of hydrogen-bond acceptors (Lipinski definition) is 4. The van der Waals surface area contributed by atoms with Crippen molar-refractivity contribution >= 4 is 29.0 Å². The molecular formula is C13H9ClFN3O3.